The number of nitrogens with one attached hydrogen (secondary N) is 1. The summed E-state index contributed by atoms with van der Waals surface area (Å²) in [7, 11) is 1.85. The summed E-state index contributed by atoms with van der Waals surface area (Å²) >= 11 is 0. The summed E-state index contributed by atoms with van der Waals surface area (Å²) in [5.41, 5.74) is 0.808. The number of hydrogen-bond donors (Lipinski definition) is 1. The van der Waals surface area contributed by atoms with Crippen LogP contribution in [-0.4, -0.2) is 15.7 Å². The van der Waals surface area contributed by atoms with Crippen molar-refractivity contribution in [3.8, 4) is 0 Å². The Morgan fingerprint density at radius 2 is 2.20 bits per heavy atom. The van der Waals surface area contributed by atoms with Gasteiger partial charge in [0.05, 0.1) is 11.9 Å². The Hall–Kier alpha value is -1.32. The van der Waals surface area contributed by atoms with Crippen LogP contribution < -0.4 is 5.32 Å². The van der Waals surface area contributed by atoms with E-state index in [-0.39, 0.29) is 11.8 Å². The van der Waals surface area contributed by atoms with Crippen molar-refractivity contribution < 1.29 is 4.79 Å². The van der Waals surface area contributed by atoms with E-state index >= 15 is 0 Å². The van der Waals surface area contributed by atoms with Gasteiger partial charge in [-0.1, -0.05) is 0 Å². The SMILES string of the molecule is Cn1cc(NC(=O)C2CC3CC3C2)cn1. The summed E-state index contributed by atoms with van der Waals surface area (Å²) in [6.07, 6.45) is 7.06. The van der Waals surface area contributed by atoms with Gasteiger partial charge in [-0.2, -0.15) is 5.10 Å². The van der Waals surface area contributed by atoms with E-state index < -0.39 is 0 Å². The topological polar surface area (TPSA) is 46.9 Å². The van der Waals surface area contributed by atoms with E-state index in [9.17, 15) is 4.79 Å². The van der Waals surface area contributed by atoms with Gasteiger partial charge in [0.2, 0.25) is 5.91 Å². The summed E-state index contributed by atoms with van der Waals surface area (Å²) in [6.45, 7) is 0. The van der Waals surface area contributed by atoms with Crippen molar-refractivity contribution in [2.45, 2.75) is 19.3 Å². The highest BCUT2D eigenvalue weighted by Gasteiger charge is 2.47. The molecule has 1 N–H and O–H groups in total. The minimum atomic E-state index is 0.176. The second-order valence-corrected chi connectivity index (χ2v) is 4.82. The summed E-state index contributed by atoms with van der Waals surface area (Å²) in [6, 6.07) is 0. The predicted molar refractivity (Wildman–Crippen MR) is 56.2 cm³/mol. The average molecular weight is 205 g/mol. The van der Waals surface area contributed by atoms with Crippen LogP contribution in [0.2, 0.25) is 0 Å². The number of carbonyl (C=O) groups excluding carboxylic acids is 1. The monoisotopic (exact) mass is 205 g/mol. The van der Waals surface area contributed by atoms with E-state index in [1.807, 2.05) is 13.2 Å². The van der Waals surface area contributed by atoms with Gasteiger partial charge < -0.3 is 5.32 Å². The fourth-order valence-corrected chi connectivity index (χ4v) is 2.66. The second kappa shape index (κ2) is 3.08. The summed E-state index contributed by atoms with van der Waals surface area (Å²) < 4.78 is 1.70. The van der Waals surface area contributed by atoms with Gasteiger partial charge in [0.15, 0.2) is 0 Å². The molecule has 2 aliphatic rings. The number of carbonyl (C=O) groups is 1. The molecule has 0 aromatic carbocycles. The summed E-state index contributed by atoms with van der Waals surface area (Å²) in [5, 5.41) is 6.95. The molecule has 4 nitrogen and oxygen atoms in total. The van der Waals surface area contributed by atoms with E-state index in [1.165, 1.54) is 6.42 Å². The quantitative estimate of drug-likeness (QED) is 0.793. The molecule has 2 atom stereocenters. The van der Waals surface area contributed by atoms with E-state index in [4.69, 9.17) is 0 Å². The average Bonchev–Trinajstić information content (AvgIpc) is 2.61. The predicted octanol–water partition coefficient (Wildman–Crippen LogP) is 1.40. The lowest BCUT2D eigenvalue weighted by atomic mass is 10.0. The van der Waals surface area contributed by atoms with Gasteiger partial charge in [0.25, 0.3) is 0 Å². The summed E-state index contributed by atoms with van der Waals surface area (Å²) in [5.74, 6) is 2.13. The largest absolute Gasteiger partial charge is 0.323 e. The van der Waals surface area contributed by atoms with Crippen LogP contribution in [0, 0.1) is 17.8 Å². The van der Waals surface area contributed by atoms with Crippen LogP contribution in [0.4, 0.5) is 5.69 Å². The molecule has 2 aliphatic carbocycles. The van der Waals surface area contributed by atoms with Gasteiger partial charge >= 0.3 is 0 Å². The lowest BCUT2D eigenvalue weighted by Gasteiger charge is -2.10. The number of amides is 1. The van der Waals surface area contributed by atoms with Crippen molar-refractivity contribution in [3.63, 3.8) is 0 Å². The van der Waals surface area contributed by atoms with E-state index in [1.54, 1.807) is 10.9 Å². The van der Waals surface area contributed by atoms with Gasteiger partial charge in [-0.05, 0) is 31.1 Å². The zero-order valence-electron chi connectivity index (χ0n) is 8.81. The smallest absolute Gasteiger partial charge is 0.227 e. The Balaban J connectivity index is 1.61. The Morgan fingerprint density at radius 3 is 2.80 bits per heavy atom. The number of anilines is 1. The zero-order valence-corrected chi connectivity index (χ0v) is 8.81. The maximum Gasteiger partial charge on any atom is 0.227 e. The van der Waals surface area contributed by atoms with Crippen molar-refractivity contribution in [1.29, 1.82) is 0 Å². The molecule has 1 heterocycles. The van der Waals surface area contributed by atoms with Crippen molar-refractivity contribution >= 4 is 11.6 Å². The molecule has 3 rings (SSSR count). The lowest BCUT2D eigenvalue weighted by Crippen LogP contribution is -2.21. The number of aryl methyl sites for hydroxylation is 1. The molecule has 2 unspecified atom stereocenters. The van der Waals surface area contributed by atoms with Crippen LogP contribution in [0.15, 0.2) is 12.4 Å². The van der Waals surface area contributed by atoms with Crippen LogP contribution in [0.3, 0.4) is 0 Å². The number of hydrogen-bond acceptors (Lipinski definition) is 2. The van der Waals surface area contributed by atoms with Crippen LogP contribution in [0.5, 0.6) is 0 Å². The zero-order chi connectivity index (χ0) is 10.4. The number of fused-ring (bicyclic) bond motifs is 1. The fourth-order valence-electron chi connectivity index (χ4n) is 2.66. The Morgan fingerprint density at radius 1 is 1.47 bits per heavy atom. The van der Waals surface area contributed by atoms with Gasteiger partial charge in [-0.25, -0.2) is 0 Å². The van der Waals surface area contributed by atoms with Gasteiger partial charge in [-0.3, -0.25) is 9.48 Å². The van der Waals surface area contributed by atoms with Gasteiger partial charge in [0.1, 0.15) is 0 Å². The van der Waals surface area contributed by atoms with Crippen LogP contribution >= 0.6 is 0 Å². The highest BCUT2D eigenvalue weighted by molar-refractivity contribution is 5.92. The molecule has 0 saturated heterocycles. The molecule has 2 fully saturated rings. The van der Waals surface area contributed by atoms with Crippen LogP contribution in [0.1, 0.15) is 19.3 Å². The third-order valence-corrected chi connectivity index (χ3v) is 3.59. The highest BCUT2D eigenvalue weighted by Crippen LogP contribution is 2.54. The minimum Gasteiger partial charge on any atom is -0.323 e. The van der Waals surface area contributed by atoms with Crippen molar-refractivity contribution in [3.05, 3.63) is 12.4 Å². The minimum absolute atomic E-state index is 0.176. The molecule has 4 heteroatoms. The van der Waals surface area contributed by atoms with E-state index in [0.29, 0.717) is 0 Å². The number of nitrogens with zero attached hydrogens (tertiary/aromatic N) is 2. The number of aromatic nitrogens is 2. The van der Waals surface area contributed by atoms with Crippen LogP contribution in [-0.2, 0) is 11.8 Å². The van der Waals surface area contributed by atoms with Crippen molar-refractivity contribution in [1.82, 2.24) is 9.78 Å². The molecule has 0 bridgehead atoms. The fraction of sp³-hybridized carbons (Fsp3) is 0.636. The normalized spacial score (nSPS) is 32.5. The molecule has 15 heavy (non-hydrogen) atoms. The maximum absolute atomic E-state index is 11.8. The van der Waals surface area contributed by atoms with Crippen molar-refractivity contribution in [2.24, 2.45) is 24.8 Å². The second-order valence-electron chi connectivity index (χ2n) is 4.82. The molecule has 1 aromatic rings. The van der Waals surface area contributed by atoms with Gasteiger partial charge in [-0.15, -0.1) is 0 Å². The standard InChI is InChI=1S/C11H15N3O/c1-14-6-10(5-12-14)13-11(15)9-3-7-2-8(7)4-9/h5-9H,2-4H2,1H3,(H,13,15). The van der Waals surface area contributed by atoms with Gasteiger partial charge in [0, 0.05) is 19.2 Å². The number of rotatable bonds is 2. The molecule has 0 spiro atoms. The Labute approximate surface area is 88.7 Å². The molecule has 80 valence electrons. The molecule has 0 aliphatic heterocycles. The maximum atomic E-state index is 11.8. The molecule has 0 radical (unpaired) electrons. The molecular formula is C11H15N3O. The highest BCUT2D eigenvalue weighted by atomic mass is 16.1. The molecule has 1 amide bonds. The molecule has 2 saturated carbocycles. The third kappa shape index (κ3) is 1.64. The molecular weight excluding hydrogens is 190 g/mol. The Bertz CT molecular complexity index is 388. The van der Waals surface area contributed by atoms with Crippen molar-refractivity contribution in [2.75, 3.05) is 5.32 Å². The lowest BCUT2D eigenvalue weighted by molar-refractivity contribution is -0.120. The third-order valence-electron chi connectivity index (χ3n) is 3.59. The molecule has 1 aromatic heterocycles. The van der Waals surface area contributed by atoms with Crippen LogP contribution in [0.25, 0.3) is 0 Å². The first-order valence-electron chi connectivity index (χ1n) is 5.52. The Kier molecular flexibility index (Phi) is 1.84. The first-order valence-corrected chi connectivity index (χ1v) is 5.52. The first-order chi connectivity index (χ1) is 7.22. The first kappa shape index (κ1) is 8.95. The van der Waals surface area contributed by atoms with E-state index in [2.05, 4.69) is 10.4 Å². The van der Waals surface area contributed by atoms with E-state index in [0.717, 1.165) is 30.4 Å². The summed E-state index contributed by atoms with van der Waals surface area (Å²) in [4.78, 5) is 11.8.